The van der Waals surface area contributed by atoms with Crippen LogP contribution in [-0.2, 0) is 9.53 Å². The van der Waals surface area contributed by atoms with Crippen molar-refractivity contribution >= 4 is 22.4 Å². The van der Waals surface area contributed by atoms with Crippen LogP contribution in [0.25, 0.3) is 10.6 Å². The third kappa shape index (κ3) is 3.61. The molecular weight excluding hydrogens is 274 g/mol. The summed E-state index contributed by atoms with van der Waals surface area (Å²) >= 11 is 1.34. The number of methoxy groups -OCH3 is 1. The van der Waals surface area contributed by atoms with Crippen LogP contribution in [0.4, 0.5) is 5.13 Å². The lowest BCUT2D eigenvalue weighted by atomic mass is 10.0. The lowest BCUT2D eigenvalue weighted by Gasteiger charge is -2.04. The third-order valence-corrected chi connectivity index (χ3v) is 3.66. The van der Waals surface area contributed by atoms with E-state index in [4.69, 9.17) is 4.74 Å². The Morgan fingerprint density at radius 2 is 2.00 bits per heavy atom. The van der Waals surface area contributed by atoms with Gasteiger partial charge in [0.2, 0.25) is 5.13 Å². The molecule has 1 N–H and O–H groups in total. The van der Waals surface area contributed by atoms with Gasteiger partial charge in [-0.25, -0.2) is 0 Å². The van der Waals surface area contributed by atoms with Crippen molar-refractivity contribution in [3.05, 3.63) is 29.8 Å². The summed E-state index contributed by atoms with van der Waals surface area (Å²) in [6.07, 6.45) is 0. The molecule has 1 heterocycles. The van der Waals surface area contributed by atoms with Gasteiger partial charge >= 0.3 is 0 Å². The largest absolute Gasteiger partial charge is 0.375 e. The average molecular weight is 291 g/mol. The van der Waals surface area contributed by atoms with Gasteiger partial charge < -0.3 is 4.74 Å². The van der Waals surface area contributed by atoms with Gasteiger partial charge in [0.1, 0.15) is 11.6 Å². The molecule has 0 aliphatic rings. The van der Waals surface area contributed by atoms with Gasteiger partial charge in [-0.05, 0) is 11.5 Å². The summed E-state index contributed by atoms with van der Waals surface area (Å²) in [5.41, 5.74) is 2.28. The van der Waals surface area contributed by atoms with E-state index in [9.17, 15) is 4.79 Å². The Labute approximate surface area is 122 Å². The van der Waals surface area contributed by atoms with Crippen LogP contribution in [0.1, 0.15) is 25.3 Å². The smallest absolute Gasteiger partial charge is 0.252 e. The number of benzene rings is 1. The van der Waals surface area contributed by atoms with E-state index in [1.165, 1.54) is 24.0 Å². The molecule has 1 amide bonds. The number of nitrogens with zero attached hydrogens (tertiary/aromatic N) is 2. The van der Waals surface area contributed by atoms with Crippen LogP contribution < -0.4 is 5.32 Å². The first-order chi connectivity index (χ1) is 9.60. The van der Waals surface area contributed by atoms with Crippen LogP contribution in [0.5, 0.6) is 0 Å². The van der Waals surface area contributed by atoms with E-state index < -0.39 is 0 Å². The average Bonchev–Trinajstić information content (AvgIpc) is 2.87. The highest BCUT2D eigenvalue weighted by atomic mass is 32.1. The lowest BCUT2D eigenvalue weighted by molar-refractivity contribution is -0.119. The van der Waals surface area contributed by atoms with Crippen molar-refractivity contribution in [3.8, 4) is 10.6 Å². The second kappa shape index (κ2) is 6.58. The molecule has 1 aromatic heterocycles. The molecule has 20 heavy (non-hydrogen) atoms. The SMILES string of the molecule is COCC(=O)Nc1nnc(-c2ccc(C(C)C)cc2)s1. The van der Waals surface area contributed by atoms with Crippen LogP contribution in [0.3, 0.4) is 0 Å². The minimum atomic E-state index is -0.231. The first-order valence-corrected chi connectivity index (χ1v) is 7.14. The van der Waals surface area contributed by atoms with Crippen molar-refractivity contribution in [1.29, 1.82) is 0 Å². The number of rotatable bonds is 5. The molecule has 0 spiro atoms. The standard InChI is InChI=1S/C14H17N3O2S/c1-9(2)10-4-6-11(7-5-10)13-16-17-14(20-13)15-12(18)8-19-3/h4-7,9H,8H2,1-3H3,(H,15,17,18). The molecule has 0 fully saturated rings. The van der Waals surface area contributed by atoms with Crippen molar-refractivity contribution in [2.75, 3.05) is 19.0 Å². The van der Waals surface area contributed by atoms with Crippen molar-refractivity contribution in [3.63, 3.8) is 0 Å². The van der Waals surface area contributed by atoms with E-state index in [0.717, 1.165) is 10.6 Å². The topological polar surface area (TPSA) is 64.1 Å². The molecule has 6 heteroatoms. The second-order valence-electron chi connectivity index (χ2n) is 4.67. The Morgan fingerprint density at radius 3 is 2.60 bits per heavy atom. The van der Waals surface area contributed by atoms with Gasteiger partial charge in [-0.2, -0.15) is 0 Å². The van der Waals surface area contributed by atoms with Crippen LogP contribution in [-0.4, -0.2) is 29.8 Å². The van der Waals surface area contributed by atoms with Crippen LogP contribution in [0, 0.1) is 0 Å². The molecule has 0 aliphatic carbocycles. The van der Waals surface area contributed by atoms with Gasteiger partial charge in [-0.3, -0.25) is 10.1 Å². The number of anilines is 1. The minimum absolute atomic E-state index is 0.0119. The fourth-order valence-corrected chi connectivity index (χ4v) is 2.45. The van der Waals surface area contributed by atoms with E-state index >= 15 is 0 Å². The van der Waals surface area contributed by atoms with E-state index in [1.54, 1.807) is 0 Å². The quantitative estimate of drug-likeness (QED) is 0.920. The van der Waals surface area contributed by atoms with E-state index in [1.807, 2.05) is 12.1 Å². The van der Waals surface area contributed by atoms with Gasteiger partial charge in [-0.15, -0.1) is 10.2 Å². The highest BCUT2D eigenvalue weighted by molar-refractivity contribution is 7.18. The maximum absolute atomic E-state index is 11.4. The number of aromatic nitrogens is 2. The number of hydrogen-bond donors (Lipinski definition) is 1. The minimum Gasteiger partial charge on any atom is -0.375 e. The molecular formula is C14H17N3O2S. The van der Waals surface area contributed by atoms with Crippen LogP contribution >= 0.6 is 11.3 Å². The summed E-state index contributed by atoms with van der Waals surface area (Å²) in [6, 6.07) is 8.22. The zero-order valence-corrected chi connectivity index (χ0v) is 12.5. The number of carbonyl (C=O) groups excluding carboxylic acids is 1. The van der Waals surface area contributed by atoms with Crippen molar-refractivity contribution in [2.24, 2.45) is 0 Å². The Morgan fingerprint density at radius 1 is 1.30 bits per heavy atom. The first-order valence-electron chi connectivity index (χ1n) is 6.32. The predicted molar refractivity (Wildman–Crippen MR) is 79.9 cm³/mol. The molecule has 106 valence electrons. The van der Waals surface area contributed by atoms with E-state index in [0.29, 0.717) is 11.0 Å². The Bertz CT molecular complexity index is 578. The third-order valence-electron chi connectivity index (χ3n) is 2.77. The van der Waals surface area contributed by atoms with Gasteiger partial charge in [0.25, 0.3) is 5.91 Å². The molecule has 0 bridgehead atoms. The molecule has 0 aliphatic heterocycles. The molecule has 0 saturated carbocycles. The first kappa shape index (κ1) is 14.6. The maximum atomic E-state index is 11.4. The van der Waals surface area contributed by atoms with Crippen LogP contribution in [0.2, 0.25) is 0 Å². The van der Waals surface area contributed by atoms with Crippen LogP contribution in [0.15, 0.2) is 24.3 Å². The second-order valence-corrected chi connectivity index (χ2v) is 5.65. The molecule has 2 rings (SSSR count). The summed E-state index contributed by atoms with van der Waals surface area (Å²) in [6.45, 7) is 4.32. The molecule has 0 radical (unpaired) electrons. The highest BCUT2D eigenvalue weighted by Crippen LogP contribution is 2.27. The van der Waals surface area contributed by atoms with Crippen molar-refractivity contribution in [2.45, 2.75) is 19.8 Å². The fourth-order valence-electron chi connectivity index (χ4n) is 1.69. The number of carbonyl (C=O) groups is 1. The Hall–Kier alpha value is -1.79. The zero-order chi connectivity index (χ0) is 14.5. The number of hydrogen-bond acceptors (Lipinski definition) is 5. The van der Waals surface area contributed by atoms with E-state index in [2.05, 4.69) is 41.5 Å². The number of amides is 1. The summed E-state index contributed by atoms with van der Waals surface area (Å²) in [5.74, 6) is 0.271. The summed E-state index contributed by atoms with van der Waals surface area (Å²) < 4.78 is 4.75. The van der Waals surface area contributed by atoms with Crippen molar-refractivity contribution < 1.29 is 9.53 Å². The highest BCUT2D eigenvalue weighted by Gasteiger charge is 2.09. The normalized spacial score (nSPS) is 10.8. The molecule has 1 aromatic carbocycles. The lowest BCUT2D eigenvalue weighted by Crippen LogP contribution is -2.16. The predicted octanol–water partition coefficient (Wildman–Crippen LogP) is 2.91. The van der Waals surface area contributed by atoms with Gasteiger partial charge in [0.05, 0.1) is 0 Å². The zero-order valence-electron chi connectivity index (χ0n) is 11.7. The molecule has 5 nitrogen and oxygen atoms in total. The Balaban J connectivity index is 2.10. The van der Waals surface area contributed by atoms with E-state index in [-0.39, 0.29) is 12.5 Å². The number of ether oxygens (including phenoxy) is 1. The monoisotopic (exact) mass is 291 g/mol. The summed E-state index contributed by atoms with van der Waals surface area (Å²) in [7, 11) is 1.47. The molecule has 2 aromatic rings. The van der Waals surface area contributed by atoms with Gasteiger partial charge in [0.15, 0.2) is 0 Å². The fraction of sp³-hybridized carbons (Fsp3) is 0.357. The van der Waals surface area contributed by atoms with Crippen molar-refractivity contribution in [1.82, 2.24) is 10.2 Å². The van der Waals surface area contributed by atoms with Gasteiger partial charge in [-0.1, -0.05) is 49.4 Å². The van der Waals surface area contributed by atoms with Gasteiger partial charge in [0, 0.05) is 12.7 Å². The molecule has 0 saturated heterocycles. The molecule has 0 atom stereocenters. The molecule has 0 unspecified atom stereocenters. The maximum Gasteiger partial charge on any atom is 0.252 e. The summed E-state index contributed by atoms with van der Waals surface area (Å²) in [5, 5.41) is 12.0. The number of nitrogens with one attached hydrogen (secondary N) is 1. The Kier molecular flexibility index (Phi) is 4.81. The summed E-state index contributed by atoms with van der Waals surface area (Å²) in [4.78, 5) is 11.4.